The number of nitrogens with zero attached hydrogens (tertiary/aromatic N) is 1. The summed E-state index contributed by atoms with van der Waals surface area (Å²) in [6.07, 6.45) is -0.234. The lowest BCUT2D eigenvalue weighted by Crippen LogP contribution is -2.75. The number of morpholine rings is 1. The first-order valence-electron chi connectivity index (χ1n) is 9.52. The van der Waals surface area contributed by atoms with Crippen LogP contribution >= 0.6 is 0 Å². The molecule has 2 fully saturated rings. The predicted octanol–water partition coefficient (Wildman–Crippen LogP) is -0.0521. The second-order valence-electron chi connectivity index (χ2n) is 7.69. The van der Waals surface area contributed by atoms with E-state index >= 15 is 0 Å². The van der Waals surface area contributed by atoms with Crippen molar-refractivity contribution in [1.82, 2.24) is 10.6 Å². The molecule has 3 heterocycles. The molecule has 9 nitrogen and oxygen atoms in total. The van der Waals surface area contributed by atoms with E-state index in [4.69, 9.17) is 10.5 Å². The number of amides is 4. The van der Waals surface area contributed by atoms with Gasteiger partial charge in [0.25, 0.3) is 0 Å². The summed E-state index contributed by atoms with van der Waals surface area (Å²) in [5.74, 6) is -1.14. The van der Waals surface area contributed by atoms with Crippen LogP contribution in [0.1, 0.15) is 19.4 Å². The van der Waals surface area contributed by atoms with E-state index in [9.17, 15) is 14.4 Å². The zero-order valence-corrected chi connectivity index (χ0v) is 16.0. The van der Waals surface area contributed by atoms with Crippen LogP contribution in [0.5, 0.6) is 0 Å². The minimum Gasteiger partial charge on any atom is -0.384 e. The molecule has 3 aliphatic rings. The summed E-state index contributed by atoms with van der Waals surface area (Å²) >= 11 is 0. The maximum absolute atomic E-state index is 13.0. The highest BCUT2D eigenvalue weighted by Gasteiger charge is 2.62. The zero-order valence-electron chi connectivity index (χ0n) is 16.0. The van der Waals surface area contributed by atoms with Crippen LogP contribution < -0.4 is 26.6 Å². The monoisotopic (exact) mass is 387 g/mol. The van der Waals surface area contributed by atoms with E-state index in [1.165, 1.54) is 0 Å². The molecule has 0 unspecified atom stereocenters. The van der Waals surface area contributed by atoms with Gasteiger partial charge in [0.1, 0.15) is 0 Å². The van der Waals surface area contributed by atoms with Gasteiger partial charge in [-0.25, -0.2) is 4.79 Å². The number of nitrogens with one attached hydrogen (secondary N) is 3. The van der Waals surface area contributed by atoms with Gasteiger partial charge in [0.05, 0.1) is 18.2 Å². The lowest BCUT2D eigenvalue weighted by atomic mass is 9.66. The number of urea groups is 1. The maximum atomic E-state index is 13.0. The largest absolute Gasteiger partial charge is 0.384 e. The first kappa shape index (κ1) is 18.7. The molecule has 0 aromatic heterocycles. The van der Waals surface area contributed by atoms with Gasteiger partial charge >= 0.3 is 6.03 Å². The summed E-state index contributed by atoms with van der Waals surface area (Å²) in [5.41, 5.74) is 6.95. The highest BCUT2D eigenvalue weighted by atomic mass is 16.5. The van der Waals surface area contributed by atoms with Gasteiger partial charge in [-0.2, -0.15) is 0 Å². The smallest absolute Gasteiger partial charge is 0.328 e. The third-order valence-corrected chi connectivity index (χ3v) is 5.79. The van der Waals surface area contributed by atoms with E-state index < -0.39 is 29.3 Å². The number of carbonyl (C=O) groups is 3. The van der Waals surface area contributed by atoms with E-state index in [2.05, 4.69) is 20.9 Å². The number of hydrogen-bond donors (Lipinski definition) is 4. The quantitative estimate of drug-likeness (QED) is 0.536. The molecule has 1 spiro atoms. The Morgan fingerprint density at radius 1 is 1.25 bits per heavy atom. The fourth-order valence-electron chi connectivity index (χ4n) is 4.75. The van der Waals surface area contributed by atoms with Gasteiger partial charge in [0.15, 0.2) is 5.41 Å². The van der Waals surface area contributed by atoms with Crippen molar-refractivity contribution in [3.05, 3.63) is 23.8 Å². The van der Waals surface area contributed by atoms with E-state index in [1.54, 1.807) is 0 Å². The molecule has 1 aromatic rings. The molecule has 4 rings (SSSR count). The van der Waals surface area contributed by atoms with Crippen LogP contribution in [-0.2, 0) is 20.7 Å². The van der Waals surface area contributed by atoms with Gasteiger partial charge in [0, 0.05) is 31.0 Å². The van der Waals surface area contributed by atoms with Crippen molar-refractivity contribution in [3.8, 4) is 0 Å². The summed E-state index contributed by atoms with van der Waals surface area (Å²) in [6.45, 7) is 5.54. The lowest BCUT2D eigenvalue weighted by Gasteiger charge is -2.55. The van der Waals surface area contributed by atoms with E-state index in [-0.39, 0.29) is 18.6 Å². The Labute approximate surface area is 163 Å². The molecule has 9 heteroatoms. The number of rotatable bonds is 3. The van der Waals surface area contributed by atoms with Gasteiger partial charge in [-0.05, 0) is 38.0 Å². The SMILES string of the molecule is C[C@@H]1CN2c3cc(NCCN)ccc3CC3(C(=O)NC(=O)NC3=O)[C@H]2[C@H](C)O1. The first-order chi connectivity index (χ1) is 13.4. The molecule has 5 N–H and O–H groups in total. The number of anilines is 2. The molecule has 28 heavy (non-hydrogen) atoms. The van der Waals surface area contributed by atoms with Gasteiger partial charge in [-0.3, -0.25) is 20.2 Å². The standard InChI is InChI=1S/C19H25N5O4/c1-10-9-24-14-7-13(21-6-5-20)4-3-12(14)8-19(15(24)11(2)28-10)16(25)22-18(27)23-17(19)26/h3-4,7,10-11,15,21H,5-6,8-9,20H2,1-2H3,(H2,22,23,25,26,27)/t10-,11+,15-/m1/s1. The molecule has 0 radical (unpaired) electrons. The van der Waals surface area contributed by atoms with Crippen LogP contribution in [0, 0.1) is 5.41 Å². The number of ether oxygens (including phenoxy) is 1. The Balaban J connectivity index is 1.83. The van der Waals surface area contributed by atoms with E-state index in [0.29, 0.717) is 19.6 Å². The summed E-state index contributed by atoms with van der Waals surface area (Å²) in [7, 11) is 0. The number of hydrogen-bond acceptors (Lipinski definition) is 7. The van der Waals surface area contributed by atoms with Gasteiger partial charge in [-0.15, -0.1) is 0 Å². The molecule has 150 valence electrons. The molecule has 2 saturated heterocycles. The first-order valence-corrected chi connectivity index (χ1v) is 9.52. The highest BCUT2D eigenvalue weighted by molar-refractivity contribution is 6.20. The fourth-order valence-corrected chi connectivity index (χ4v) is 4.75. The number of carbonyl (C=O) groups excluding carboxylic acids is 3. The van der Waals surface area contributed by atoms with Crippen LogP contribution in [-0.4, -0.2) is 55.7 Å². The molecule has 4 amide bonds. The fraction of sp³-hybridized carbons (Fsp3) is 0.526. The van der Waals surface area contributed by atoms with E-state index in [0.717, 1.165) is 16.9 Å². The normalized spacial score (nSPS) is 28.3. The van der Waals surface area contributed by atoms with Crippen molar-refractivity contribution < 1.29 is 19.1 Å². The van der Waals surface area contributed by atoms with Gasteiger partial charge < -0.3 is 20.7 Å². The molecular weight excluding hydrogens is 362 g/mol. The van der Waals surface area contributed by atoms with Crippen LogP contribution in [0.3, 0.4) is 0 Å². The van der Waals surface area contributed by atoms with Crippen LogP contribution in [0.4, 0.5) is 16.2 Å². The van der Waals surface area contributed by atoms with Crippen molar-refractivity contribution in [3.63, 3.8) is 0 Å². The molecule has 0 bridgehead atoms. The van der Waals surface area contributed by atoms with Crippen molar-refractivity contribution in [2.24, 2.45) is 11.1 Å². The summed E-state index contributed by atoms with van der Waals surface area (Å²) < 4.78 is 6.00. The minimum atomic E-state index is -1.42. The minimum absolute atomic E-state index is 0.0637. The number of fused-ring (bicyclic) bond motifs is 4. The Morgan fingerprint density at radius 2 is 1.96 bits per heavy atom. The second kappa shape index (κ2) is 6.75. The predicted molar refractivity (Wildman–Crippen MR) is 103 cm³/mol. The molecule has 0 saturated carbocycles. The van der Waals surface area contributed by atoms with E-state index in [1.807, 2.05) is 32.0 Å². The third kappa shape index (κ3) is 2.73. The van der Waals surface area contributed by atoms with Gasteiger partial charge in [-0.1, -0.05) is 6.07 Å². The van der Waals surface area contributed by atoms with Crippen molar-refractivity contribution in [2.45, 2.75) is 38.5 Å². The molecule has 3 atom stereocenters. The maximum Gasteiger partial charge on any atom is 0.328 e. The summed E-state index contributed by atoms with van der Waals surface area (Å²) in [6, 6.07) is 4.57. The number of barbiturate groups is 1. The van der Waals surface area contributed by atoms with Gasteiger partial charge in [0.2, 0.25) is 11.8 Å². The Bertz CT molecular complexity index is 822. The molecule has 1 aromatic carbocycles. The van der Waals surface area contributed by atoms with Crippen molar-refractivity contribution in [2.75, 3.05) is 29.9 Å². The second-order valence-corrected chi connectivity index (χ2v) is 7.69. The van der Waals surface area contributed by atoms with Crippen LogP contribution in [0.15, 0.2) is 18.2 Å². The van der Waals surface area contributed by atoms with Crippen LogP contribution in [0.2, 0.25) is 0 Å². The third-order valence-electron chi connectivity index (χ3n) is 5.79. The number of benzene rings is 1. The molecular formula is C19H25N5O4. The zero-order chi connectivity index (χ0) is 20.1. The van der Waals surface area contributed by atoms with Crippen molar-refractivity contribution in [1.29, 1.82) is 0 Å². The Kier molecular flexibility index (Phi) is 4.51. The molecule has 3 aliphatic heterocycles. The van der Waals surface area contributed by atoms with Crippen LogP contribution in [0.25, 0.3) is 0 Å². The topological polar surface area (TPSA) is 126 Å². The number of imide groups is 2. The average Bonchev–Trinajstić information content (AvgIpc) is 2.64. The Hall–Kier alpha value is -2.65. The molecule has 0 aliphatic carbocycles. The average molecular weight is 387 g/mol. The lowest BCUT2D eigenvalue weighted by molar-refractivity contribution is -0.153. The highest BCUT2D eigenvalue weighted by Crippen LogP contribution is 2.47. The van der Waals surface area contributed by atoms with Crippen molar-refractivity contribution >= 4 is 29.2 Å². The summed E-state index contributed by atoms with van der Waals surface area (Å²) in [4.78, 5) is 39.7. The number of nitrogens with two attached hydrogens (primary N) is 1. The Morgan fingerprint density at radius 3 is 2.64 bits per heavy atom. The summed E-state index contributed by atoms with van der Waals surface area (Å²) in [5, 5.41) is 7.84.